The van der Waals surface area contributed by atoms with Gasteiger partial charge in [-0.25, -0.2) is 0 Å². The molecule has 0 saturated heterocycles. The van der Waals surface area contributed by atoms with Crippen LogP contribution in [-0.4, -0.2) is 20.5 Å². The van der Waals surface area contributed by atoms with E-state index in [1.165, 1.54) is 0 Å². The topological polar surface area (TPSA) is 44.8 Å². The minimum atomic E-state index is 0.576. The molecule has 0 fully saturated rings. The number of aldehydes is 1. The first-order valence-corrected chi connectivity index (χ1v) is 6.61. The van der Waals surface area contributed by atoms with Crippen LogP contribution in [0.1, 0.15) is 10.4 Å². The van der Waals surface area contributed by atoms with Crippen molar-refractivity contribution in [3.8, 4) is 23.0 Å². The van der Waals surface area contributed by atoms with E-state index in [0.717, 1.165) is 6.29 Å². The highest BCUT2D eigenvalue weighted by atomic mass is 79.9. The van der Waals surface area contributed by atoms with Crippen molar-refractivity contribution in [3.63, 3.8) is 0 Å². The van der Waals surface area contributed by atoms with Crippen molar-refractivity contribution < 1.29 is 19.0 Å². The lowest BCUT2D eigenvalue weighted by Crippen LogP contribution is -1.91. The Morgan fingerprint density at radius 2 is 1.55 bits per heavy atom. The quantitative estimate of drug-likeness (QED) is 0.772. The zero-order valence-corrected chi connectivity index (χ0v) is 12.6. The Kier molecular flexibility index (Phi) is 4.63. The molecule has 104 valence electrons. The molecule has 0 unspecified atom stereocenters. The lowest BCUT2D eigenvalue weighted by Gasteiger charge is -2.11. The average molecular weight is 337 g/mol. The largest absolute Gasteiger partial charge is 0.496 e. The molecule has 4 nitrogen and oxygen atoms in total. The minimum Gasteiger partial charge on any atom is -0.496 e. The van der Waals surface area contributed by atoms with Crippen LogP contribution in [0.2, 0.25) is 0 Å². The minimum absolute atomic E-state index is 0.576. The second kappa shape index (κ2) is 6.43. The highest BCUT2D eigenvalue weighted by Crippen LogP contribution is 2.34. The molecule has 0 atom stereocenters. The molecule has 0 bridgehead atoms. The summed E-state index contributed by atoms with van der Waals surface area (Å²) < 4.78 is 16.8. The van der Waals surface area contributed by atoms with Gasteiger partial charge < -0.3 is 14.2 Å². The highest BCUT2D eigenvalue weighted by Gasteiger charge is 2.07. The number of hydrogen-bond donors (Lipinski definition) is 0. The second-order valence-corrected chi connectivity index (χ2v) is 4.81. The molecule has 20 heavy (non-hydrogen) atoms. The van der Waals surface area contributed by atoms with Gasteiger partial charge in [0, 0.05) is 23.8 Å². The van der Waals surface area contributed by atoms with Crippen LogP contribution in [0.25, 0.3) is 0 Å². The number of rotatable bonds is 5. The Bertz CT molecular complexity index is 603. The lowest BCUT2D eigenvalue weighted by molar-refractivity contribution is 0.112. The van der Waals surface area contributed by atoms with E-state index in [9.17, 15) is 4.79 Å². The standard InChI is InChI=1S/C15H13BrO4/c1-18-11-6-12(19-2)8-13(7-11)20-15-4-3-10(9-17)5-14(15)16/h3-9H,1-2H3. The Hall–Kier alpha value is -2.01. The van der Waals surface area contributed by atoms with Gasteiger partial charge in [-0.3, -0.25) is 4.79 Å². The monoisotopic (exact) mass is 336 g/mol. The van der Waals surface area contributed by atoms with Crippen LogP contribution < -0.4 is 14.2 Å². The Morgan fingerprint density at radius 1 is 0.950 bits per heavy atom. The average Bonchev–Trinajstić information content (AvgIpc) is 2.48. The molecule has 0 saturated carbocycles. The molecule has 2 rings (SSSR count). The first-order chi connectivity index (χ1) is 9.66. The molecule has 5 heteroatoms. The van der Waals surface area contributed by atoms with Crippen LogP contribution >= 0.6 is 15.9 Å². The van der Waals surface area contributed by atoms with Gasteiger partial charge in [0.2, 0.25) is 0 Å². The van der Waals surface area contributed by atoms with Gasteiger partial charge >= 0.3 is 0 Å². The Labute approximate surface area is 125 Å². The molecule has 0 radical (unpaired) electrons. The maximum atomic E-state index is 10.7. The fourth-order valence-corrected chi connectivity index (χ4v) is 2.12. The van der Waals surface area contributed by atoms with Crippen LogP contribution in [0.4, 0.5) is 0 Å². The number of halogens is 1. The molecule has 0 aliphatic rings. The predicted molar refractivity (Wildman–Crippen MR) is 79.1 cm³/mol. The summed E-state index contributed by atoms with van der Waals surface area (Å²) in [4.78, 5) is 10.7. The number of carbonyl (C=O) groups is 1. The van der Waals surface area contributed by atoms with Gasteiger partial charge in [-0.05, 0) is 34.1 Å². The summed E-state index contributed by atoms with van der Waals surface area (Å²) in [6.45, 7) is 0. The van der Waals surface area contributed by atoms with Crippen LogP contribution in [0.15, 0.2) is 40.9 Å². The smallest absolute Gasteiger partial charge is 0.150 e. The van der Waals surface area contributed by atoms with Crippen LogP contribution in [0.5, 0.6) is 23.0 Å². The van der Waals surface area contributed by atoms with E-state index in [2.05, 4.69) is 15.9 Å². The molecule has 2 aromatic rings. The van der Waals surface area contributed by atoms with Gasteiger partial charge in [-0.1, -0.05) is 0 Å². The van der Waals surface area contributed by atoms with E-state index in [-0.39, 0.29) is 0 Å². The molecule has 0 heterocycles. The third kappa shape index (κ3) is 3.30. The van der Waals surface area contributed by atoms with Crippen LogP contribution in [-0.2, 0) is 0 Å². The third-order valence-electron chi connectivity index (χ3n) is 2.64. The molecule has 0 aliphatic heterocycles. The summed E-state index contributed by atoms with van der Waals surface area (Å²) in [7, 11) is 3.15. The van der Waals surface area contributed by atoms with Gasteiger partial charge in [0.25, 0.3) is 0 Å². The summed E-state index contributed by atoms with van der Waals surface area (Å²) in [5.74, 6) is 2.46. The van der Waals surface area contributed by atoms with Gasteiger partial charge in [-0.2, -0.15) is 0 Å². The lowest BCUT2D eigenvalue weighted by atomic mass is 10.2. The first-order valence-electron chi connectivity index (χ1n) is 5.82. The summed E-state index contributed by atoms with van der Waals surface area (Å²) >= 11 is 3.37. The maximum absolute atomic E-state index is 10.7. The summed E-state index contributed by atoms with van der Waals surface area (Å²) in [6.07, 6.45) is 0.781. The third-order valence-corrected chi connectivity index (χ3v) is 3.26. The number of hydrogen-bond acceptors (Lipinski definition) is 4. The molecule has 0 aromatic heterocycles. The first kappa shape index (κ1) is 14.4. The van der Waals surface area contributed by atoms with E-state index < -0.39 is 0 Å². The number of methoxy groups -OCH3 is 2. The van der Waals surface area contributed by atoms with Crippen molar-refractivity contribution in [3.05, 3.63) is 46.4 Å². The fraction of sp³-hybridized carbons (Fsp3) is 0.133. The van der Waals surface area contributed by atoms with Crippen LogP contribution in [0.3, 0.4) is 0 Å². The van der Waals surface area contributed by atoms with E-state index >= 15 is 0 Å². The van der Waals surface area contributed by atoms with Crippen molar-refractivity contribution in [2.45, 2.75) is 0 Å². The summed E-state index contributed by atoms with van der Waals surface area (Å²) in [5, 5.41) is 0. The predicted octanol–water partition coefficient (Wildman–Crippen LogP) is 4.07. The van der Waals surface area contributed by atoms with Crippen molar-refractivity contribution in [2.24, 2.45) is 0 Å². The van der Waals surface area contributed by atoms with Gasteiger partial charge in [-0.15, -0.1) is 0 Å². The zero-order valence-electron chi connectivity index (χ0n) is 11.1. The van der Waals surface area contributed by atoms with Crippen LogP contribution in [0, 0.1) is 0 Å². The second-order valence-electron chi connectivity index (χ2n) is 3.96. The summed E-state index contributed by atoms with van der Waals surface area (Å²) in [5.41, 5.74) is 0.576. The maximum Gasteiger partial charge on any atom is 0.150 e. The van der Waals surface area contributed by atoms with Gasteiger partial charge in [0.05, 0.1) is 18.7 Å². The number of benzene rings is 2. The van der Waals surface area contributed by atoms with Crippen molar-refractivity contribution >= 4 is 22.2 Å². The van der Waals surface area contributed by atoms with E-state index in [4.69, 9.17) is 14.2 Å². The Balaban J connectivity index is 2.31. The zero-order chi connectivity index (χ0) is 14.5. The molecule has 0 N–H and O–H groups in total. The van der Waals surface area contributed by atoms with Crippen molar-refractivity contribution in [1.82, 2.24) is 0 Å². The van der Waals surface area contributed by atoms with Gasteiger partial charge in [0.1, 0.15) is 29.3 Å². The summed E-state index contributed by atoms with van der Waals surface area (Å²) in [6, 6.07) is 10.4. The molecular formula is C15H13BrO4. The number of carbonyl (C=O) groups excluding carboxylic acids is 1. The molecule has 2 aromatic carbocycles. The SMILES string of the molecule is COc1cc(OC)cc(Oc2ccc(C=O)cc2Br)c1. The molecule has 0 aliphatic carbocycles. The molecule has 0 spiro atoms. The van der Waals surface area contributed by atoms with E-state index in [1.54, 1.807) is 50.6 Å². The highest BCUT2D eigenvalue weighted by molar-refractivity contribution is 9.10. The fourth-order valence-electron chi connectivity index (χ4n) is 1.64. The Morgan fingerprint density at radius 3 is 2.05 bits per heavy atom. The molecule has 0 amide bonds. The van der Waals surface area contributed by atoms with Gasteiger partial charge in [0.15, 0.2) is 0 Å². The van der Waals surface area contributed by atoms with Crippen molar-refractivity contribution in [1.29, 1.82) is 0 Å². The molecular weight excluding hydrogens is 324 g/mol. The normalized spacial score (nSPS) is 9.95. The van der Waals surface area contributed by atoms with Crippen molar-refractivity contribution in [2.75, 3.05) is 14.2 Å². The van der Waals surface area contributed by atoms with E-state index in [1.807, 2.05) is 0 Å². The van der Waals surface area contributed by atoms with E-state index in [0.29, 0.717) is 33.0 Å². The number of ether oxygens (including phenoxy) is 3.